The molecule has 0 bridgehead atoms. The highest BCUT2D eigenvalue weighted by molar-refractivity contribution is 5.88. The fourth-order valence-corrected chi connectivity index (χ4v) is 2.37. The Morgan fingerprint density at radius 1 is 1.00 bits per heavy atom. The maximum Gasteiger partial charge on any atom is 0.333 e. The second-order valence-electron chi connectivity index (χ2n) is 5.23. The van der Waals surface area contributed by atoms with E-state index in [1.54, 1.807) is 0 Å². The summed E-state index contributed by atoms with van der Waals surface area (Å²) >= 11 is 0. The third-order valence-electron chi connectivity index (χ3n) is 3.74. The summed E-state index contributed by atoms with van der Waals surface area (Å²) in [7, 11) is 2.75. The number of aromatic hydroxyl groups is 1. The van der Waals surface area contributed by atoms with Gasteiger partial charge in [-0.05, 0) is 22.9 Å². The Bertz CT molecular complexity index is 1050. The van der Waals surface area contributed by atoms with Crippen LogP contribution in [0.1, 0.15) is 5.56 Å². The van der Waals surface area contributed by atoms with Gasteiger partial charge in [-0.15, -0.1) is 0 Å². The second kappa shape index (κ2) is 5.57. The molecule has 3 rings (SSSR count). The summed E-state index contributed by atoms with van der Waals surface area (Å²) in [6.07, 6.45) is 1.28. The minimum Gasteiger partial charge on any atom is -0.494 e. The molecule has 0 aliphatic carbocycles. The highest BCUT2D eigenvalue weighted by atomic mass is 16.3. The van der Waals surface area contributed by atoms with Crippen molar-refractivity contribution in [2.45, 2.75) is 0 Å². The Hall–Kier alpha value is -3.15. The van der Waals surface area contributed by atoms with Crippen LogP contribution < -0.4 is 11.2 Å². The van der Waals surface area contributed by atoms with Gasteiger partial charge in [-0.3, -0.25) is 18.9 Å². The monoisotopic (exact) mass is 309 g/mol. The molecule has 1 heterocycles. The largest absolute Gasteiger partial charge is 0.494 e. The minimum atomic E-state index is -0.588. The van der Waals surface area contributed by atoms with Gasteiger partial charge in [-0.25, -0.2) is 4.79 Å². The van der Waals surface area contributed by atoms with Gasteiger partial charge in [0.15, 0.2) is 0 Å². The molecular weight excluding hydrogens is 294 g/mol. The summed E-state index contributed by atoms with van der Waals surface area (Å²) in [5, 5.41) is 12.1. The first kappa shape index (κ1) is 14.8. The minimum absolute atomic E-state index is 0.0252. The average Bonchev–Trinajstić information content (AvgIpc) is 2.58. The molecular formula is C17H15N3O3. The van der Waals surface area contributed by atoms with Crippen LogP contribution in [-0.4, -0.2) is 20.5 Å². The zero-order valence-corrected chi connectivity index (χ0v) is 12.7. The van der Waals surface area contributed by atoms with E-state index >= 15 is 0 Å². The van der Waals surface area contributed by atoms with Gasteiger partial charge >= 0.3 is 5.69 Å². The van der Waals surface area contributed by atoms with Gasteiger partial charge in [0.1, 0.15) is 5.56 Å². The van der Waals surface area contributed by atoms with Crippen molar-refractivity contribution in [3.05, 3.63) is 68.9 Å². The fourth-order valence-electron chi connectivity index (χ4n) is 2.37. The molecule has 1 aromatic heterocycles. The maximum absolute atomic E-state index is 12.1. The first-order valence-electron chi connectivity index (χ1n) is 7.01. The molecule has 3 aromatic rings. The van der Waals surface area contributed by atoms with Crippen molar-refractivity contribution in [2.24, 2.45) is 19.1 Å². The number of hydrogen-bond donors (Lipinski definition) is 1. The molecule has 116 valence electrons. The highest BCUT2D eigenvalue weighted by Gasteiger charge is 2.12. The molecule has 0 saturated heterocycles. The van der Waals surface area contributed by atoms with Gasteiger partial charge < -0.3 is 5.11 Å². The molecule has 23 heavy (non-hydrogen) atoms. The van der Waals surface area contributed by atoms with Gasteiger partial charge in [0.2, 0.25) is 5.88 Å². The standard InChI is InChI=1S/C17H15N3O3/c1-19-15(21)14(16(22)20(2)17(19)23)10-18-13-8-7-11-5-3-4-6-12(11)9-13/h3-10,21H,1-2H3. The van der Waals surface area contributed by atoms with E-state index in [0.29, 0.717) is 5.69 Å². The van der Waals surface area contributed by atoms with Crippen molar-refractivity contribution in [3.63, 3.8) is 0 Å². The molecule has 6 heteroatoms. The van der Waals surface area contributed by atoms with Crippen molar-refractivity contribution < 1.29 is 5.11 Å². The van der Waals surface area contributed by atoms with Crippen molar-refractivity contribution in [2.75, 3.05) is 0 Å². The van der Waals surface area contributed by atoms with Crippen LogP contribution in [0.5, 0.6) is 5.88 Å². The Labute approximate surface area is 131 Å². The molecule has 0 radical (unpaired) electrons. The van der Waals surface area contributed by atoms with Crippen molar-refractivity contribution >= 4 is 22.7 Å². The van der Waals surface area contributed by atoms with E-state index in [0.717, 1.165) is 19.9 Å². The number of hydrogen-bond acceptors (Lipinski definition) is 4. The fraction of sp³-hybridized carbons (Fsp3) is 0.118. The predicted molar refractivity (Wildman–Crippen MR) is 89.8 cm³/mol. The number of aromatic nitrogens is 2. The summed E-state index contributed by atoms with van der Waals surface area (Å²) in [6.45, 7) is 0. The Morgan fingerprint density at radius 2 is 1.70 bits per heavy atom. The molecule has 0 aliphatic heterocycles. The van der Waals surface area contributed by atoms with Gasteiger partial charge in [-0.2, -0.15) is 0 Å². The van der Waals surface area contributed by atoms with Crippen LogP contribution in [0.2, 0.25) is 0 Å². The van der Waals surface area contributed by atoms with Crippen LogP contribution >= 0.6 is 0 Å². The van der Waals surface area contributed by atoms with Crippen LogP contribution in [0.25, 0.3) is 10.8 Å². The molecule has 0 atom stereocenters. The molecule has 0 aliphatic rings. The van der Waals surface area contributed by atoms with Crippen LogP contribution in [0.3, 0.4) is 0 Å². The number of fused-ring (bicyclic) bond motifs is 1. The lowest BCUT2D eigenvalue weighted by Gasteiger charge is -2.07. The van der Waals surface area contributed by atoms with Gasteiger partial charge in [0, 0.05) is 20.3 Å². The van der Waals surface area contributed by atoms with Crippen LogP contribution in [0.15, 0.2) is 57.0 Å². The van der Waals surface area contributed by atoms with Crippen molar-refractivity contribution in [1.29, 1.82) is 0 Å². The quantitative estimate of drug-likeness (QED) is 0.732. The summed E-state index contributed by atoms with van der Waals surface area (Å²) < 4.78 is 1.94. The first-order chi connectivity index (χ1) is 11.0. The molecule has 0 unspecified atom stereocenters. The lowest BCUT2D eigenvalue weighted by Crippen LogP contribution is -2.38. The van der Waals surface area contributed by atoms with E-state index in [1.807, 2.05) is 42.5 Å². The lowest BCUT2D eigenvalue weighted by molar-refractivity contribution is 0.410. The van der Waals surface area contributed by atoms with E-state index in [9.17, 15) is 14.7 Å². The molecule has 0 amide bonds. The SMILES string of the molecule is Cn1c(O)c(C=Nc2ccc3ccccc3c2)c(=O)n(C)c1=O. The normalized spacial score (nSPS) is 11.4. The highest BCUT2D eigenvalue weighted by Crippen LogP contribution is 2.21. The average molecular weight is 309 g/mol. The zero-order valence-electron chi connectivity index (χ0n) is 12.7. The first-order valence-corrected chi connectivity index (χ1v) is 7.01. The van der Waals surface area contributed by atoms with Crippen molar-refractivity contribution in [3.8, 4) is 5.88 Å². The number of nitrogens with zero attached hydrogens (tertiary/aromatic N) is 3. The summed E-state index contributed by atoms with van der Waals surface area (Å²) in [6, 6.07) is 13.5. The topological polar surface area (TPSA) is 76.6 Å². The third kappa shape index (κ3) is 2.55. The Morgan fingerprint density at radius 3 is 2.43 bits per heavy atom. The third-order valence-corrected chi connectivity index (χ3v) is 3.74. The van der Waals surface area contributed by atoms with E-state index in [2.05, 4.69) is 4.99 Å². The van der Waals surface area contributed by atoms with Gasteiger partial charge in [0.05, 0.1) is 5.69 Å². The zero-order chi connectivity index (χ0) is 16.6. The molecule has 0 spiro atoms. The molecule has 0 saturated carbocycles. The molecule has 0 fully saturated rings. The van der Waals surface area contributed by atoms with Gasteiger partial charge in [0.25, 0.3) is 5.56 Å². The summed E-state index contributed by atoms with van der Waals surface area (Å²) in [5.41, 5.74) is -0.549. The van der Waals surface area contributed by atoms with Crippen LogP contribution in [0.4, 0.5) is 5.69 Å². The molecule has 2 aromatic carbocycles. The van der Waals surface area contributed by atoms with E-state index in [4.69, 9.17) is 0 Å². The van der Waals surface area contributed by atoms with Crippen LogP contribution in [0, 0.1) is 0 Å². The lowest BCUT2D eigenvalue weighted by atomic mass is 10.1. The Kier molecular flexibility index (Phi) is 3.57. The molecule has 6 nitrogen and oxygen atoms in total. The summed E-state index contributed by atoms with van der Waals surface area (Å²) in [5.74, 6) is -0.400. The predicted octanol–water partition coefficient (Wildman–Crippen LogP) is 1.69. The van der Waals surface area contributed by atoms with Gasteiger partial charge in [-0.1, -0.05) is 30.3 Å². The van der Waals surface area contributed by atoms with Crippen molar-refractivity contribution in [1.82, 2.24) is 9.13 Å². The molecule has 1 N–H and O–H groups in total. The maximum atomic E-state index is 12.1. The smallest absolute Gasteiger partial charge is 0.333 e. The van der Waals surface area contributed by atoms with Crippen LogP contribution in [-0.2, 0) is 14.1 Å². The number of aliphatic imine (C=N–C) groups is 1. The number of rotatable bonds is 2. The summed E-state index contributed by atoms with van der Waals surface area (Å²) in [4.78, 5) is 28.0. The van der Waals surface area contributed by atoms with E-state index in [-0.39, 0.29) is 5.56 Å². The van der Waals surface area contributed by atoms with E-state index in [1.165, 1.54) is 20.3 Å². The number of benzene rings is 2. The Balaban J connectivity index is 2.09. The second-order valence-corrected chi connectivity index (χ2v) is 5.23. The van der Waals surface area contributed by atoms with E-state index < -0.39 is 17.1 Å².